The van der Waals surface area contributed by atoms with Gasteiger partial charge in [0.15, 0.2) is 0 Å². The highest BCUT2D eigenvalue weighted by molar-refractivity contribution is 7.12. The summed E-state index contributed by atoms with van der Waals surface area (Å²) in [7, 11) is 0. The van der Waals surface area contributed by atoms with E-state index >= 15 is 0 Å². The fourth-order valence-electron chi connectivity index (χ4n) is 5.73. The van der Waals surface area contributed by atoms with Crippen molar-refractivity contribution in [3.05, 3.63) is 96.7 Å². The Hall–Kier alpha value is -4.58. The standard InChI is InChI=1S/C30H31N5O6S/c1-2-41-27(36)16-22-15-23-25-12-11-21(14-26(23)42-22)34(25)30(38)24(13-17-3-9-20(10-4-17)35(39)40)33-29(37)19-7-5-18(6-8-19)28(31)32/h3-10,15,21,24-25H,2,11-14,16H2,1H3,(H3,31,32)(H,33,37)/t21?,24-,25?/m0/s1. The van der Waals surface area contributed by atoms with E-state index < -0.39 is 16.9 Å². The lowest BCUT2D eigenvalue weighted by Gasteiger charge is -2.37. The molecule has 2 aliphatic heterocycles. The maximum atomic E-state index is 14.2. The molecule has 3 atom stereocenters. The van der Waals surface area contributed by atoms with Crippen LogP contribution >= 0.6 is 11.3 Å². The number of benzene rings is 2. The van der Waals surface area contributed by atoms with Gasteiger partial charge in [-0.15, -0.1) is 11.3 Å². The monoisotopic (exact) mass is 589 g/mol. The second-order valence-electron chi connectivity index (χ2n) is 10.4. The molecule has 2 bridgehead atoms. The number of nitro benzene ring substituents is 1. The molecule has 1 aromatic heterocycles. The number of hydrogen-bond donors (Lipinski definition) is 3. The summed E-state index contributed by atoms with van der Waals surface area (Å²) in [5.74, 6) is -1.08. The van der Waals surface area contributed by atoms with Crippen LogP contribution in [-0.4, -0.2) is 52.1 Å². The van der Waals surface area contributed by atoms with Crippen molar-refractivity contribution in [3.63, 3.8) is 0 Å². The molecular formula is C30H31N5O6S. The first-order valence-corrected chi connectivity index (χ1v) is 14.5. The summed E-state index contributed by atoms with van der Waals surface area (Å²) in [5, 5.41) is 21.6. The Morgan fingerprint density at radius 1 is 1.14 bits per heavy atom. The number of fused-ring (bicyclic) bond motifs is 4. The van der Waals surface area contributed by atoms with Gasteiger partial charge in [-0.3, -0.25) is 29.9 Å². The van der Waals surface area contributed by atoms with E-state index in [0.717, 1.165) is 23.3 Å². The molecule has 12 heteroatoms. The van der Waals surface area contributed by atoms with Crippen LogP contribution in [0.4, 0.5) is 5.69 Å². The maximum Gasteiger partial charge on any atom is 0.311 e. The van der Waals surface area contributed by atoms with Gasteiger partial charge < -0.3 is 20.7 Å². The highest BCUT2D eigenvalue weighted by atomic mass is 32.1. The lowest BCUT2D eigenvalue weighted by molar-refractivity contribution is -0.384. The second kappa shape index (κ2) is 12.1. The minimum Gasteiger partial charge on any atom is -0.466 e. The van der Waals surface area contributed by atoms with Crippen LogP contribution in [0, 0.1) is 15.5 Å². The fraction of sp³-hybridized carbons (Fsp3) is 0.333. The molecule has 3 aromatic rings. The molecule has 42 heavy (non-hydrogen) atoms. The number of nitrogens with one attached hydrogen (secondary N) is 2. The highest BCUT2D eigenvalue weighted by Crippen LogP contribution is 2.47. The van der Waals surface area contributed by atoms with Crippen LogP contribution in [-0.2, 0) is 33.6 Å². The zero-order valence-corrected chi connectivity index (χ0v) is 23.8. The molecule has 3 heterocycles. The maximum absolute atomic E-state index is 14.2. The van der Waals surface area contributed by atoms with Crippen molar-refractivity contribution in [2.24, 2.45) is 5.73 Å². The number of thiophene rings is 1. The van der Waals surface area contributed by atoms with E-state index in [1.165, 1.54) is 17.0 Å². The number of non-ortho nitro benzene ring substituents is 1. The first-order valence-electron chi connectivity index (χ1n) is 13.7. The predicted molar refractivity (Wildman–Crippen MR) is 156 cm³/mol. The van der Waals surface area contributed by atoms with Gasteiger partial charge in [-0.05, 0) is 49.1 Å². The largest absolute Gasteiger partial charge is 0.466 e. The van der Waals surface area contributed by atoms with Gasteiger partial charge in [0.25, 0.3) is 11.6 Å². The molecular weight excluding hydrogens is 558 g/mol. The number of nitrogens with zero attached hydrogens (tertiary/aromatic N) is 2. The molecule has 2 aromatic carbocycles. The second-order valence-corrected chi connectivity index (χ2v) is 11.6. The van der Waals surface area contributed by atoms with Crippen molar-refractivity contribution in [1.82, 2.24) is 10.2 Å². The molecule has 2 amide bonds. The SMILES string of the molecule is CCOC(=O)Cc1cc2c(s1)CC1CCC2N1C(=O)[C@H](Cc1ccc([N+](=O)[O-])cc1)NC(=O)c1ccc(C(=N)N)cc1. The third-order valence-electron chi connectivity index (χ3n) is 7.70. The predicted octanol–water partition coefficient (Wildman–Crippen LogP) is 3.68. The molecule has 2 aliphatic rings. The van der Waals surface area contributed by atoms with Gasteiger partial charge in [0.1, 0.15) is 11.9 Å². The van der Waals surface area contributed by atoms with E-state index in [1.807, 2.05) is 11.0 Å². The first kappa shape index (κ1) is 28.9. The average molecular weight is 590 g/mol. The zero-order valence-electron chi connectivity index (χ0n) is 23.0. The topological polar surface area (TPSA) is 169 Å². The third-order valence-corrected chi connectivity index (χ3v) is 8.88. The third kappa shape index (κ3) is 6.03. The molecule has 5 rings (SSSR count). The van der Waals surface area contributed by atoms with Crippen molar-refractivity contribution in [3.8, 4) is 0 Å². The molecule has 1 saturated heterocycles. The van der Waals surface area contributed by atoms with Crippen LogP contribution in [0.1, 0.15) is 62.6 Å². The van der Waals surface area contributed by atoms with Crippen LogP contribution in [0.25, 0.3) is 0 Å². The first-order chi connectivity index (χ1) is 20.1. The number of nitro groups is 1. The van der Waals surface area contributed by atoms with Gasteiger partial charge >= 0.3 is 5.97 Å². The Bertz CT molecular complexity index is 1530. The molecule has 0 saturated carbocycles. The van der Waals surface area contributed by atoms with E-state index in [1.54, 1.807) is 54.7 Å². The summed E-state index contributed by atoms with van der Waals surface area (Å²) in [5.41, 5.74) is 7.97. The van der Waals surface area contributed by atoms with Gasteiger partial charge in [0.05, 0.1) is 24.0 Å². The Morgan fingerprint density at radius 2 is 1.83 bits per heavy atom. The van der Waals surface area contributed by atoms with Gasteiger partial charge in [-0.2, -0.15) is 0 Å². The van der Waals surface area contributed by atoms with Gasteiger partial charge in [0.2, 0.25) is 5.91 Å². The Labute approximate surface area is 246 Å². The van der Waals surface area contributed by atoms with E-state index in [4.69, 9.17) is 15.9 Å². The van der Waals surface area contributed by atoms with Crippen molar-refractivity contribution in [1.29, 1.82) is 5.41 Å². The Kier molecular flexibility index (Phi) is 8.34. The lowest BCUT2D eigenvalue weighted by Crippen LogP contribution is -2.53. The quantitative estimate of drug-likeness (QED) is 0.107. The summed E-state index contributed by atoms with van der Waals surface area (Å²) in [6.45, 7) is 2.09. The van der Waals surface area contributed by atoms with Crippen molar-refractivity contribution in [2.45, 2.75) is 57.2 Å². The Morgan fingerprint density at radius 3 is 2.48 bits per heavy atom. The van der Waals surface area contributed by atoms with Gasteiger partial charge in [-0.25, -0.2) is 0 Å². The minimum atomic E-state index is -0.922. The summed E-state index contributed by atoms with van der Waals surface area (Å²) in [6.07, 6.45) is 2.63. The number of ether oxygens (including phenoxy) is 1. The van der Waals surface area contributed by atoms with E-state index in [0.29, 0.717) is 29.7 Å². The van der Waals surface area contributed by atoms with Crippen LogP contribution in [0.2, 0.25) is 0 Å². The summed E-state index contributed by atoms with van der Waals surface area (Å²) < 4.78 is 5.11. The number of esters is 1. The molecule has 1 fully saturated rings. The van der Waals surface area contributed by atoms with E-state index in [2.05, 4.69) is 5.32 Å². The van der Waals surface area contributed by atoms with Crippen molar-refractivity contribution in [2.75, 3.05) is 6.61 Å². The van der Waals surface area contributed by atoms with Crippen LogP contribution in [0.5, 0.6) is 0 Å². The normalized spacial score (nSPS) is 17.7. The number of rotatable bonds is 10. The van der Waals surface area contributed by atoms with Crippen LogP contribution in [0.15, 0.2) is 54.6 Å². The molecule has 11 nitrogen and oxygen atoms in total. The summed E-state index contributed by atoms with van der Waals surface area (Å²) >= 11 is 1.59. The number of nitrogen functional groups attached to an aromatic ring is 1. The summed E-state index contributed by atoms with van der Waals surface area (Å²) in [4.78, 5) is 54.2. The van der Waals surface area contributed by atoms with Crippen LogP contribution in [0.3, 0.4) is 0 Å². The molecule has 218 valence electrons. The fourth-order valence-corrected chi connectivity index (χ4v) is 7.01. The highest BCUT2D eigenvalue weighted by Gasteiger charge is 2.45. The van der Waals surface area contributed by atoms with Gasteiger partial charge in [-0.1, -0.05) is 24.3 Å². The molecule has 4 N–H and O–H groups in total. The van der Waals surface area contributed by atoms with E-state index in [-0.39, 0.29) is 48.3 Å². The van der Waals surface area contributed by atoms with E-state index in [9.17, 15) is 24.5 Å². The van der Waals surface area contributed by atoms with Crippen molar-refractivity contribution < 1.29 is 24.0 Å². The van der Waals surface area contributed by atoms with Crippen LogP contribution < -0.4 is 11.1 Å². The molecule has 0 spiro atoms. The smallest absolute Gasteiger partial charge is 0.311 e. The lowest BCUT2D eigenvalue weighted by atomic mass is 9.97. The van der Waals surface area contributed by atoms with Crippen molar-refractivity contribution >= 4 is 40.6 Å². The number of amides is 2. The number of nitrogens with two attached hydrogens (primary N) is 1. The Balaban J connectivity index is 1.40. The number of hydrogen-bond acceptors (Lipinski definition) is 8. The zero-order chi connectivity index (χ0) is 30.0. The number of carbonyl (C=O) groups is 3. The number of carbonyl (C=O) groups excluding carboxylic acids is 3. The number of amidine groups is 1. The molecule has 2 unspecified atom stereocenters. The summed E-state index contributed by atoms with van der Waals surface area (Å²) in [6, 6.07) is 13.1. The minimum absolute atomic E-state index is 0.0322. The van der Waals surface area contributed by atoms with Gasteiger partial charge in [0, 0.05) is 51.9 Å². The molecule has 0 radical (unpaired) electrons. The average Bonchev–Trinajstić information content (AvgIpc) is 3.52. The molecule has 0 aliphatic carbocycles.